The Labute approximate surface area is 108 Å². The average molecular weight is 244 g/mol. The second-order valence-electron chi connectivity index (χ2n) is 4.72. The first-order chi connectivity index (χ1) is 8.93. The van der Waals surface area contributed by atoms with Crippen LogP contribution in [0.5, 0.6) is 0 Å². The second kappa shape index (κ2) is 5.42. The van der Waals surface area contributed by atoms with E-state index in [-0.39, 0.29) is 0 Å². The van der Waals surface area contributed by atoms with Crippen molar-refractivity contribution in [1.29, 1.82) is 0 Å². The minimum Gasteiger partial charge on any atom is -0.369 e. The largest absolute Gasteiger partial charge is 0.369 e. The molecule has 0 radical (unpaired) electrons. The zero-order chi connectivity index (χ0) is 12.2. The van der Waals surface area contributed by atoms with Crippen molar-refractivity contribution in [3.05, 3.63) is 36.5 Å². The van der Waals surface area contributed by atoms with E-state index >= 15 is 0 Å². The molecule has 1 saturated heterocycles. The average Bonchev–Trinajstić information content (AvgIpc) is 2.49. The molecule has 2 aliphatic rings. The maximum atomic E-state index is 3.38. The standard InChI is InChI=1S/C14H20N4/c1-6-16-12-18(9-1)14-4-2-13(3-5-14)17-10-7-15-8-11-17/h1-5,9,15-16H,6-8,10-12H2. The zero-order valence-electron chi connectivity index (χ0n) is 10.6. The van der Waals surface area contributed by atoms with E-state index in [1.165, 1.54) is 11.4 Å². The molecule has 3 rings (SSSR count). The molecule has 0 aliphatic carbocycles. The SMILES string of the molecule is C1=CN(c2ccc(N3CCNCC3)cc2)CNC1. The molecule has 0 amide bonds. The van der Waals surface area contributed by atoms with Crippen LogP contribution in [0.3, 0.4) is 0 Å². The monoisotopic (exact) mass is 244 g/mol. The Morgan fingerprint density at radius 2 is 1.61 bits per heavy atom. The minimum atomic E-state index is 0.892. The second-order valence-corrected chi connectivity index (χ2v) is 4.72. The molecule has 0 atom stereocenters. The molecule has 1 aromatic rings. The molecule has 0 bridgehead atoms. The molecule has 1 fully saturated rings. The zero-order valence-corrected chi connectivity index (χ0v) is 10.6. The van der Waals surface area contributed by atoms with Gasteiger partial charge < -0.3 is 15.1 Å². The molecule has 2 aliphatic heterocycles. The normalized spacial score (nSPS) is 20.2. The molecular formula is C14H20N4. The number of rotatable bonds is 2. The van der Waals surface area contributed by atoms with Gasteiger partial charge in [0, 0.05) is 50.3 Å². The number of benzene rings is 1. The van der Waals surface area contributed by atoms with Gasteiger partial charge >= 0.3 is 0 Å². The Hall–Kier alpha value is -1.52. The fraction of sp³-hybridized carbons (Fsp3) is 0.429. The summed E-state index contributed by atoms with van der Waals surface area (Å²) in [6, 6.07) is 8.86. The summed E-state index contributed by atoms with van der Waals surface area (Å²) in [6.07, 6.45) is 4.30. The van der Waals surface area contributed by atoms with Gasteiger partial charge in [-0.15, -0.1) is 0 Å². The molecule has 1 aromatic carbocycles. The van der Waals surface area contributed by atoms with Gasteiger partial charge in [-0.3, -0.25) is 5.32 Å². The summed E-state index contributed by atoms with van der Waals surface area (Å²) >= 11 is 0. The molecule has 2 N–H and O–H groups in total. The third kappa shape index (κ3) is 2.49. The highest BCUT2D eigenvalue weighted by molar-refractivity contribution is 5.58. The third-order valence-corrected chi connectivity index (χ3v) is 3.49. The van der Waals surface area contributed by atoms with E-state index in [1.807, 2.05) is 0 Å². The molecule has 0 saturated carbocycles. The summed E-state index contributed by atoms with van der Waals surface area (Å²) < 4.78 is 0. The van der Waals surface area contributed by atoms with Crippen molar-refractivity contribution in [2.24, 2.45) is 0 Å². The number of nitrogens with zero attached hydrogens (tertiary/aromatic N) is 2. The summed E-state index contributed by atoms with van der Waals surface area (Å²) in [4.78, 5) is 4.66. The van der Waals surface area contributed by atoms with E-state index in [9.17, 15) is 0 Å². The summed E-state index contributed by atoms with van der Waals surface area (Å²) in [7, 11) is 0. The van der Waals surface area contributed by atoms with Crippen LogP contribution in [0.25, 0.3) is 0 Å². The van der Waals surface area contributed by atoms with Gasteiger partial charge in [-0.05, 0) is 24.3 Å². The van der Waals surface area contributed by atoms with Crippen LogP contribution in [0, 0.1) is 0 Å². The molecule has 18 heavy (non-hydrogen) atoms. The maximum Gasteiger partial charge on any atom is 0.0728 e. The van der Waals surface area contributed by atoms with E-state index in [4.69, 9.17) is 0 Å². The van der Waals surface area contributed by atoms with Crippen LogP contribution in [-0.4, -0.2) is 39.4 Å². The smallest absolute Gasteiger partial charge is 0.0728 e. The van der Waals surface area contributed by atoms with Crippen molar-refractivity contribution >= 4 is 11.4 Å². The van der Waals surface area contributed by atoms with Crippen LogP contribution in [0.2, 0.25) is 0 Å². The van der Waals surface area contributed by atoms with E-state index in [0.29, 0.717) is 0 Å². The lowest BCUT2D eigenvalue weighted by atomic mass is 10.2. The van der Waals surface area contributed by atoms with E-state index < -0.39 is 0 Å². The molecule has 0 aromatic heterocycles. The van der Waals surface area contributed by atoms with Crippen molar-refractivity contribution < 1.29 is 0 Å². The van der Waals surface area contributed by atoms with Crippen molar-refractivity contribution in [2.45, 2.75) is 0 Å². The van der Waals surface area contributed by atoms with E-state index in [1.54, 1.807) is 0 Å². The Morgan fingerprint density at radius 3 is 2.28 bits per heavy atom. The highest BCUT2D eigenvalue weighted by Gasteiger charge is 2.11. The van der Waals surface area contributed by atoms with Crippen LogP contribution < -0.4 is 20.4 Å². The third-order valence-electron chi connectivity index (χ3n) is 3.49. The van der Waals surface area contributed by atoms with Crippen LogP contribution in [0.4, 0.5) is 11.4 Å². The highest BCUT2D eigenvalue weighted by Crippen LogP contribution is 2.21. The van der Waals surface area contributed by atoms with Crippen molar-refractivity contribution in [3.63, 3.8) is 0 Å². The van der Waals surface area contributed by atoms with Gasteiger partial charge in [-0.1, -0.05) is 6.08 Å². The molecule has 0 spiro atoms. The maximum absolute atomic E-state index is 3.38. The summed E-state index contributed by atoms with van der Waals surface area (Å²) in [5.74, 6) is 0. The topological polar surface area (TPSA) is 30.5 Å². The van der Waals surface area contributed by atoms with Gasteiger partial charge in [0.15, 0.2) is 0 Å². The van der Waals surface area contributed by atoms with Crippen molar-refractivity contribution in [3.8, 4) is 0 Å². The summed E-state index contributed by atoms with van der Waals surface area (Å²) in [5, 5.41) is 6.71. The fourth-order valence-corrected chi connectivity index (χ4v) is 2.46. The lowest BCUT2D eigenvalue weighted by molar-refractivity contribution is 0.589. The van der Waals surface area contributed by atoms with Gasteiger partial charge in [0.2, 0.25) is 0 Å². The number of hydrogen-bond acceptors (Lipinski definition) is 4. The summed E-state index contributed by atoms with van der Waals surface area (Å²) in [6.45, 7) is 6.23. The number of piperazine rings is 1. The molecule has 2 heterocycles. The number of hydrogen-bond donors (Lipinski definition) is 2. The molecule has 96 valence electrons. The Kier molecular flexibility index (Phi) is 3.48. The predicted octanol–water partition coefficient (Wildman–Crippen LogP) is 0.977. The first-order valence-electron chi connectivity index (χ1n) is 6.63. The van der Waals surface area contributed by atoms with Gasteiger partial charge in [-0.2, -0.15) is 0 Å². The van der Waals surface area contributed by atoms with E-state index in [0.717, 1.165) is 39.4 Å². The van der Waals surface area contributed by atoms with Crippen LogP contribution in [-0.2, 0) is 0 Å². The first-order valence-corrected chi connectivity index (χ1v) is 6.63. The Morgan fingerprint density at radius 1 is 0.889 bits per heavy atom. The van der Waals surface area contributed by atoms with Gasteiger partial charge in [0.1, 0.15) is 0 Å². The van der Waals surface area contributed by atoms with Crippen LogP contribution in [0.1, 0.15) is 0 Å². The Balaban J connectivity index is 1.71. The van der Waals surface area contributed by atoms with Crippen LogP contribution in [0.15, 0.2) is 36.5 Å². The minimum absolute atomic E-state index is 0.892. The van der Waals surface area contributed by atoms with Gasteiger partial charge in [0.25, 0.3) is 0 Å². The summed E-state index contributed by atoms with van der Waals surface area (Å²) in [5.41, 5.74) is 2.58. The highest BCUT2D eigenvalue weighted by atomic mass is 15.2. The van der Waals surface area contributed by atoms with E-state index in [2.05, 4.69) is 57.0 Å². The van der Waals surface area contributed by atoms with Crippen molar-refractivity contribution in [1.82, 2.24) is 10.6 Å². The number of nitrogens with one attached hydrogen (secondary N) is 2. The lowest BCUT2D eigenvalue weighted by Gasteiger charge is -2.30. The lowest BCUT2D eigenvalue weighted by Crippen LogP contribution is -2.43. The molecular weight excluding hydrogens is 224 g/mol. The Bertz CT molecular complexity index is 406. The first kappa shape index (κ1) is 11.6. The molecule has 0 unspecified atom stereocenters. The quantitative estimate of drug-likeness (QED) is 0.812. The van der Waals surface area contributed by atoms with Gasteiger partial charge in [0.05, 0.1) is 6.67 Å². The predicted molar refractivity (Wildman–Crippen MR) is 76.0 cm³/mol. The van der Waals surface area contributed by atoms with Crippen molar-refractivity contribution in [2.75, 3.05) is 49.2 Å². The molecule has 4 nitrogen and oxygen atoms in total. The molecule has 4 heteroatoms. The number of anilines is 2. The fourth-order valence-electron chi connectivity index (χ4n) is 2.46. The van der Waals surface area contributed by atoms with Gasteiger partial charge in [-0.25, -0.2) is 0 Å². The van der Waals surface area contributed by atoms with Crippen LogP contribution >= 0.6 is 0 Å².